The minimum Gasteiger partial charge on any atom is -0.486 e. The molecular formula is C21H19N3O6. The molecule has 0 spiro atoms. The van der Waals surface area contributed by atoms with Crippen molar-refractivity contribution >= 4 is 17.5 Å². The van der Waals surface area contributed by atoms with Crippen LogP contribution in [0.4, 0.5) is 5.69 Å². The second kappa shape index (κ2) is 7.86. The van der Waals surface area contributed by atoms with Crippen LogP contribution in [0.5, 0.6) is 11.5 Å². The summed E-state index contributed by atoms with van der Waals surface area (Å²) in [5.41, 5.74) is 1.30. The lowest BCUT2D eigenvalue weighted by atomic mass is 10.1. The lowest BCUT2D eigenvalue weighted by Gasteiger charge is -2.18. The second-order valence-electron chi connectivity index (χ2n) is 6.79. The van der Waals surface area contributed by atoms with Crippen molar-refractivity contribution in [3.8, 4) is 11.5 Å². The largest absolute Gasteiger partial charge is 0.486 e. The first-order chi connectivity index (χ1) is 14.4. The average molecular weight is 409 g/mol. The summed E-state index contributed by atoms with van der Waals surface area (Å²) in [5, 5.41) is 15.3. The van der Waals surface area contributed by atoms with Gasteiger partial charge in [-0.2, -0.15) is 5.10 Å². The van der Waals surface area contributed by atoms with Crippen molar-refractivity contribution in [2.75, 3.05) is 13.2 Å². The van der Waals surface area contributed by atoms with E-state index < -0.39 is 4.92 Å². The van der Waals surface area contributed by atoms with E-state index in [1.807, 2.05) is 0 Å². The highest BCUT2D eigenvalue weighted by Crippen LogP contribution is 2.31. The number of benzene rings is 1. The number of ether oxygens (including phenoxy) is 2. The first-order valence-corrected chi connectivity index (χ1v) is 9.31. The fourth-order valence-corrected chi connectivity index (χ4v) is 3.27. The predicted molar refractivity (Wildman–Crippen MR) is 107 cm³/mol. The number of aryl methyl sites for hydroxylation is 1. The van der Waals surface area contributed by atoms with Gasteiger partial charge in [-0.1, -0.05) is 0 Å². The number of allylic oxidation sites excluding steroid dienone is 1. The first-order valence-electron chi connectivity index (χ1n) is 9.31. The fraction of sp³-hybridized carbons (Fsp3) is 0.238. The van der Waals surface area contributed by atoms with Crippen LogP contribution in [0.1, 0.15) is 33.3 Å². The lowest BCUT2D eigenvalue weighted by Crippen LogP contribution is -2.15. The van der Waals surface area contributed by atoms with Gasteiger partial charge in [-0.25, -0.2) is 0 Å². The molecule has 0 aliphatic carbocycles. The summed E-state index contributed by atoms with van der Waals surface area (Å²) in [7, 11) is 0. The molecule has 0 saturated heterocycles. The normalized spacial score (nSPS) is 13.0. The molecule has 9 nitrogen and oxygen atoms in total. The van der Waals surface area contributed by atoms with Crippen molar-refractivity contribution in [1.82, 2.24) is 9.78 Å². The monoisotopic (exact) mass is 409 g/mol. The second-order valence-corrected chi connectivity index (χ2v) is 6.79. The van der Waals surface area contributed by atoms with Crippen LogP contribution >= 0.6 is 0 Å². The SMILES string of the molecule is Cc1nn(Cc2ccc(/C=C/C(=O)c3ccc4c(c3)OCCO4)o2)c(C)c1[N+](=O)[O-]. The third-order valence-electron chi connectivity index (χ3n) is 4.74. The number of carbonyl (C=O) groups is 1. The van der Waals surface area contributed by atoms with Crippen molar-refractivity contribution in [1.29, 1.82) is 0 Å². The zero-order chi connectivity index (χ0) is 21.3. The number of fused-ring (bicyclic) bond motifs is 1. The van der Waals surface area contributed by atoms with Crippen LogP contribution in [0.3, 0.4) is 0 Å². The van der Waals surface area contributed by atoms with Gasteiger partial charge in [-0.3, -0.25) is 19.6 Å². The Morgan fingerprint density at radius 2 is 1.97 bits per heavy atom. The molecule has 0 N–H and O–H groups in total. The Morgan fingerprint density at radius 3 is 2.70 bits per heavy atom. The summed E-state index contributed by atoms with van der Waals surface area (Å²) in [5.74, 6) is 2.05. The van der Waals surface area contributed by atoms with Crippen LogP contribution in [0.15, 0.2) is 40.8 Å². The number of aromatic nitrogens is 2. The number of nitro groups is 1. The van der Waals surface area contributed by atoms with Crippen molar-refractivity contribution in [3.63, 3.8) is 0 Å². The summed E-state index contributed by atoms with van der Waals surface area (Å²) >= 11 is 0. The van der Waals surface area contributed by atoms with Gasteiger partial charge in [-0.15, -0.1) is 0 Å². The number of nitrogens with zero attached hydrogens (tertiary/aromatic N) is 3. The van der Waals surface area contributed by atoms with Crippen molar-refractivity contribution in [3.05, 3.63) is 75.0 Å². The van der Waals surface area contributed by atoms with Gasteiger partial charge < -0.3 is 13.9 Å². The minimum absolute atomic E-state index is 0.00620. The van der Waals surface area contributed by atoms with Gasteiger partial charge in [0.2, 0.25) is 0 Å². The number of rotatable bonds is 6. The lowest BCUT2D eigenvalue weighted by molar-refractivity contribution is -0.386. The van der Waals surface area contributed by atoms with Gasteiger partial charge in [0.1, 0.15) is 36.1 Å². The van der Waals surface area contributed by atoms with Gasteiger partial charge in [0, 0.05) is 5.56 Å². The molecular weight excluding hydrogens is 390 g/mol. The molecule has 2 aromatic heterocycles. The minimum atomic E-state index is -0.437. The summed E-state index contributed by atoms with van der Waals surface area (Å²) in [6.07, 6.45) is 2.99. The summed E-state index contributed by atoms with van der Waals surface area (Å²) in [6.45, 7) is 4.44. The van der Waals surface area contributed by atoms with Crippen LogP contribution in [-0.2, 0) is 6.54 Å². The molecule has 1 aliphatic heterocycles. The van der Waals surface area contributed by atoms with Crippen LogP contribution in [0, 0.1) is 24.0 Å². The Labute approximate surface area is 171 Å². The smallest absolute Gasteiger partial charge is 0.312 e. The van der Waals surface area contributed by atoms with E-state index in [1.54, 1.807) is 50.3 Å². The van der Waals surface area contributed by atoms with E-state index in [9.17, 15) is 14.9 Å². The molecule has 4 rings (SSSR count). The molecule has 0 bridgehead atoms. The third kappa shape index (κ3) is 3.82. The van der Waals surface area contributed by atoms with Crippen LogP contribution < -0.4 is 9.47 Å². The highest BCUT2D eigenvalue weighted by Gasteiger charge is 2.22. The fourth-order valence-electron chi connectivity index (χ4n) is 3.27. The average Bonchev–Trinajstić information content (AvgIpc) is 3.29. The molecule has 0 fully saturated rings. The predicted octanol–water partition coefficient (Wildman–Crippen LogP) is 3.72. The van der Waals surface area contributed by atoms with E-state index in [0.717, 1.165) is 0 Å². The molecule has 30 heavy (non-hydrogen) atoms. The van der Waals surface area contributed by atoms with Gasteiger partial charge in [0.25, 0.3) is 0 Å². The standard InChI is InChI=1S/C21H19N3O6/c1-13-21(24(26)27)14(2)23(22-13)12-17-5-4-16(30-17)6-7-18(25)15-3-8-19-20(11-15)29-10-9-28-19/h3-8,11H,9-10,12H2,1-2H3/b7-6+. The summed E-state index contributed by atoms with van der Waals surface area (Å²) in [4.78, 5) is 23.1. The van der Waals surface area contributed by atoms with Crippen LogP contribution in [0.25, 0.3) is 6.08 Å². The van der Waals surface area contributed by atoms with Gasteiger partial charge in [0.05, 0.1) is 11.5 Å². The molecule has 1 aliphatic rings. The van der Waals surface area contributed by atoms with Gasteiger partial charge >= 0.3 is 5.69 Å². The molecule has 0 unspecified atom stereocenters. The molecule has 154 valence electrons. The Morgan fingerprint density at radius 1 is 1.20 bits per heavy atom. The highest BCUT2D eigenvalue weighted by atomic mass is 16.6. The van der Waals surface area contributed by atoms with E-state index in [0.29, 0.717) is 53.2 Å². The maximum Gasteiger partial charge on any atom is 0.312 e. The van der Waals surface area contributed by atoms with E-state index in [1.165, 1.54) is 10.8 Å². The summed E-state index contributed by atoms with van der Waals surface area (Å²) < 4.78 is 18.2. The third-order valence-corrected chi connectivity index (χ3v) is 4.74. The zero-order valence-electron chi connectivity index (χ0n) is 16.5. The van der Waals surface area contributed by atoms with Crippen LogP contribution in [-0.4, -0.2) is 33.7 Å². The Balaban J connectivity index is 1.46. The molecule has 3 aromatic rings. The molecule has 0 amide bonds. The molecule has 3 heterocycles. The molecule has 0 radical (unpaired) electrons. The van der Waals surface area contributed by atoms with Crippen LogP contribution in [0.2, 0.25) is 0 Å². The maximum atomic E-state index is 12.4. The first kappa shape index (κ1) is 19.4. The Hall–Kier alpha value is -3.88. The van der Waals surface area contributed by atoms with Crippen molar-refractivity contribution in [2.45, 2.75) is 20.4 Å². The van der Waals surface area contributed by atoms with E-state index in [4.69, 9.17) is 13.9 Å². The van der Waals surface area contributed by atoms with E-state index in [2.05, 4.69) is 5.10 Å². The summed E-state index contributed by atoms with van der Waals surface area (Å²) in [6, 6.07) is 8.53. The molecule has 9 heteroatoms. The topological polar surface area (TPSA) is 110 Å². The Bertz CT molecular complexity index is 1160. The molecule has 0 saturated carbocycles. The molecule has 0 atom stereocenters. The Kier molecular flexibility index (Phi) is 5.09. The van der Waals surface area contributed by atoms with Gasteiger partial charge in [0.15, 0.2) is 17.3 Å². The zero-order valence-corrected chi connectivity index (χ0v) is 16.5. The van der Waals surface area contributed by atoms with Crippen molar-refractivity contribution < 1.29 is 23.6 Å². The number of hydrogen-bond acceptors (Lipinski definition) is 7. The number of carbonyl (C=O) groups excluding carboxylic acids is 1. The molecule has 1 aromatic carbocycles. The maximum absolute atomic E-state index is 12.4. The number of hydrogen-bond donors (Lipinski definition) is 0. The quantitative estimate of drug-likeness (QED) is 0.264. The highest BCUT2D eigenvalue weighted by molar-refractivity contribution is 6.07. The number of furan rings is 1. The van der Waals surface area contributed by atoms with E-state index >= 15 is 0 Å². The van der Waals surface area contributed by atoms with Crippen molar-refractivity contribution in [2.24, 2.45) is 0 Å². The number of ketones is 1. The van der Waals surface area contributed by atoms with E-state index in [-0.39, 0.29) is 18.0 Å². The van der Waals surface area contributed by atoms with Gasteiger partial charge in [-0.05, 0) is 56.3 Å².